The molecule has 0 aliphatic carbocycles. The fourth-order valence-corrected chi connectivity index (χ4v) is 6.48. The molecule has 0 bridgehead atoms. The number of hydrogen-bond acceptors (Lipinski definition) is 7. The first-order valence-corrected chi connectivity index (χ1v) is 15.3. The maximum absolute atomic E-state index is 13.8. The third kappa shape index (κ3) is 5.21. The molecule has 1 N–H and O–H groups in total. The lowest BCUT2D eigenvalue weighted by molar-refractivity contribution is 0.0588. The predicted molar refractivity (Wildman–Crippen MR) is 157 cm³/mol. The molecule has 0 fully saturated rings. The van der Waals surface area contributed by atoms with E-state index in [4.69, 9.17) is 16.3 Å². The molecule has 0 aliphatic rings. The molecule has 0 spiro atoms. The van der Waals surface area contributed by atoms with Crippen molar-refractivity contribution in [3.63, 3.8) is 0 Å². The molecule has 2 heterocycles. The normalized spacial score (nSPS) is 12.4. The number of hydrogen-bond donors (Lipinski definition) is 1. The Balaban J connectivity index is 1.80. The first-order chi connectivity index (χ1) is 19.1. The van der Waals surface area contributed by atoms with E-state index in [2.05, 4.69) is 0 Å². The van der Waals surface area contributed by atoms with Crippen molar-refractivity contribution in [3.8, 4) is 10.4 Å². The van der Waals surface area contributed by atoms with Gasteiger partial charge < -0.3 is 9.84 Å². The summed E-state index contributed by atoms with van der Waals surface area (Å²) < 4.78 is 30.4. The summed E-state index contributed by atoms with van der Waals surface area (Å²) >= 11 is 7.69. The van der Waals surface area contributed by atoms with Gasteiger partial charge in [0.25, 0.3) is 5.56 Å². The smallest absolute Gasteiger partial charge is 0.355 e. The maximum atomic E-state index is 13.8. The molecule has 0 saturated heterocycles. The molecular formula is C30H24ClNO6S2. The van der Waals surface area contributed by atoms with Crippen LogP contribution in [-0.4, -0.2) is 37.4 Å². The average Bonchev–Trinajstić information content (AvgIpc) is 3.43. The van der Waals surface area contributed by atoms with Crippen molar-refractivity contribution in [2.75, 3.05) is 13.4 Å². The number of rotatable bonds is 7. The van der Waals surface area contributed by atoms with Crippen LogP contribution in [-0.2, 0) is 21.1 Å². The van der Waals surface area contributed by atoms with Crippen molar-refractivity contribution < 1.29 is 23.1 Å². The van der Waals surface area contributed by atoms with Crippen LogP contribution < -0.4 is 5.56 Å². The second-order valence-electron chi connectivity index (χ2n) is 9.23. The number of esters is 1. The van der Waals surface area contributed by atoms with E-state index in [0.717, 1.165) is 6.26 Å². The first kappa shape index (κ1) is 27.8. The second kappa shape index (κ2) is 11.0. The zero-order chi connectivity index (χ0) is 28.6. The molecule has 0 amide bonds. The lowest BCUT2D eigenvalue weighted by Gasteiger charge is -2.20. The number of carbonyl (C=O) groups is 1. The number of aliphatic hydroxyl groups is 1. The molecule has 1 unspecified atom stereocenters. The maximum Gasteiger partial charge on any atom is 0.355 e. The Morgan fingerprint density at radius 2 is 1.73 bits per heavy atom. The van der Waals surface area contributed by atoms with E-state index in [1.165, 1.54) is 35.1 Å². The van der Waals surface area contributed by atoms with Gasteiger partial charge in [-0.15, -0.1) is 11.3 Å². The van der Waals surface area contributed by atoms with Crippen LogP contribution in [0.15, 0.2) is 93.9 Å². The summed E-state index contributed by atoms with van der Waals surface area (Å²) in [5.41, 5.74) is 1.81. The fourth-order valence-electron chi connectivity index (χ4n) is 4.69. The Morgan fingerprint density at radius 1 is 1.02 bits per heavy atom. The first-order valence-electron chi connectivity index (χ1n) is 12.1. The molecule has 7 nitrogen and oxygen atoms in total. The summed E-state index contributed by atoms with van der Waals surface area (Å²) in [6.45, 7) is -0.0270. The van der Waals surface area contributed by atoms with Gasteiger partial charge in [0.1, 0.15) is 11.8 Å². The summed E-state index contributed by atoms with van der Waals surface area (Å²) in [6.07, 6.45) is 0.122. The Kier molecular flexibility index (Phi) is 7.65. The van der Waals surface area contributed by atoms with E-state index in [9.17, 15) is 23.1 Å². The van der Waals surface area contributed by atoms with E-state index >= 15 is 0 Å². The van der Waals surface area contributed by atoms with E-state index < -0.39 is 27.5 Å². The highest BCUT2D eigenvalue weighted by Gasteiger charge is 2.28. The van der Waals surface area contributed by atoms with Crippen molar-refractivity contribution in [2.45, 2.75) is 17.5 Å². The van der Waals surface area contributed by atoms with Gasteiger partial charge in [0.05, 0.1) is 18.6 Å². The van der Waals surface area contributed by atoms with Crippen LogP contribution in [0.25, 0.3) is 21.2 Å². The molecular weight excluding hydrogens is 570 g/mol. The van der Waals surface area contributed by atoms with Gasteiger partial charge in [-0.3, -0.25) is 9.36 Å². The minimum Gasteiger partial charge on any atom is -0.464 e. The van der Waals surface area contributed by atoms with Crippen molar-refractivity contribution >= 4 is 49.5 Å². The summed E-state index contributed by atoms with van der Waals surface area (Å²) in [7, 11) is -2.17. The van der Waals surface area contributed by atoms with Gasteiger partial charge >= 0.3 is 5.97 Å². The Morgan fingerprint density at radius 3 is 2.38 bits per heavy atom. The van der Waals surface area contributed by atoms with Crippen molar-refractivity contribution in [1.29, 1.82) is 0 Å². The zero-order valence-corrected chi connectivity index (χ0v) is 23.9. The number of nitrogens with zero attached hydrogens (tertiary/aromatic N) is 1. The number of halogens is 1. The molecule has 0 radical (unpaired) electrons. The molecule has 10 heteroatoms. The number of carbonyl (C=O) groups excluding carboxylic acids is 1. The highest BCUT2D eigenvalue weighted by Crippen LogP contribution is 2.41. The number of methoxy groups -OCH3 is 1. The number of fused-ring (bicyclic) bond motifs is 1. The Labute approximate surface area is 239 Å². The summed E-state index contributed by atoms with van der Waals surface area (Å²) in [5.74, 6) is -0.740. The van der Waals surface area contributed by atoms with Gasteiger partial charge in [-0.05, 0) is 58.3 Å². The Bertz CT molecular complexity index is 1900. The van der Waals surface area contributed by atoms with E-state index in [0.29, 0.717) is 42.9 Å². The SMILES string of the molecule is COC(=O)c1c(-c2sccc2C(O)c2ccccc2)c2cc(Cl)ccc2c(=O)n1Cc1ccc(S(C)(=O)=O)cc1. The van der Waals surface area contributed by atoms with Crippen LogP contribution in [0, 0.1) is 0 Å². The molecule has 3 aromatic carbocycles. The van der Waals surface area contributed by atoms with E-state index in [-0.39, 0.29) is 17.1 Å². The number of thiophene rings is 1. The van der Waals surface area contributed by atoms with Gasteiger partial charge in [-0.25, -0.2) is 13.2 Å². The number of sulfone groups is 1. The van der Waals surface area contributed by atoms with Crippen molar-refractivity contribution in [3.05, 3.63) is 122 Å². The largest absolute Gasteiger partial charge is 0.464 e. The minimum absolute atomic E-state index is 0.00146. The van der Waals surface area contributed by atoms with Crippen LogP contribution in [0.4, 0.5) is 0 Å². The van der Waals surface area contributed by atoms with Crippen LogP contribution in [0.2, 0.25) is 5.02 Å². The second-order valence-corrected chi connectivity index (χ2v) is 12.6. The number of aromatic nitrogens is 1. The number of benzene rings is 3. The highest BCUT2D eigenvalue weighted by molar-refractivity contribution is 7.90. The van der Waals surface area contributed by atoms with Crippen molar-refractivity contribution in [1.82, 2.24) is 4.57 Å². The van der Waals surface area contributed by atoms with E-state index in [1.54, 1.807) is 36.4 Å². The lowest BCUT2D eigenvalue weighted by Crippen LogP contribution is -2.28. The average molecular weight is 594 g/mol. The molecule has 1 atom stereocenters. The predicted octanol–water partition coefficient (Wildman–Crippen LogP) is 5.70. The Hall–Kier alpha value is -3.76. The molecule has 40 heavy (non-hydrogen) atoms. The van der Waals surface area contributed by atoms with Crippen LogP contribution in [0.3, 0.4) is 0 Å². The van der Waals surface area contributed by atoms with Crippen LogP contribution >= 0.6 is 22.9 Å². The molecule has 5 rings (SSSR count). The summed E-state index contributed by atoms with van der Waals surface area (Å²) in [4.78, 5) is 28.0. The van der Waals surface area contributed by atoms with Gasteiger partial charge in [-0.1, -0.05) is 54.1 Å². The van der Waals surface area contributed by atoms with E-state index in [1.807, 2.05) is 35.7 Å². The van der Waals surface area contributed by atoms with Gasteiger partial charge in [0.2, 0.25) is 0 Å². The van der Waals surface area contributed by atoms with Crippen LogP contribution in [0.1, 0.15) is 33.3 Å². The molecule has 0 aliphatic heterocycles. The quantitative estimate of drug-likeness (QED) is 0.243. The summed E-state index contributed by atoms with van der Waals surface area (Å²) in [5, 5.41) is 14.3. The minimum atomic E-state index is -3.41. The topological polar surface area (TPSA) is 103 Å². The molecule has 5 aromatic rings. The van der Waals surface area contributed by atoms with Crippen LogP contribution in [0.5, 0.6) is 0 Å². The number of aliphatic hydroxyl groups excluding tert-OH is 1. The number of ether oxygens (including phenoxy) is 1. The molecule has 2 aromatic heterocycles. The zero-order valence-electron chi connectivity index (χ0n) is 21.5. The fraction of sp³-hybridized carbons (Fsp3) is 0.133. The van der Waals surface area contributed by atoms with Gasteiger partial charge in [0.15, 0.2) is 9.84 Å². The monoisotopic (exact) mass is 593 g/mol. The molecule has 0 saturated carbocycles. The molecule has 204 valence electrons. The highest BCUT2D eigenvalue weighted by atomic mass is 35.5. The number of pyridine rings is 1. The third-order valence-electron chi connectivity index (χ3n) is 6.64. The third-order valence-corrected chi connectivity index (χ3v) is 8.95. The standard InChI is InChI=1S/C30H24ClNO6S2/c1-38-30(35)26-25(28-23(14-15-39-28)27(33)19-6-4-3-5-7-19)24-16-20(31)10-13-22(24)29(34)32(26)17-18-8-11-21(12-9-18)40(2,36)37/h3-16,27,33H,17H2,1-2H3. The van der Waals surface area contributed by atoms with Gasteiger partial charge in [-0.2, -0.15) is 0 Å². The summed E-state index contributed by atoms with van der Waals surface area (Å²) in [6, 6.07) is 21.9. The van der Waals surface area contributed by atoms with Gasteiger partial charge in [0, 0.05) is 32.7 Å². The lowest BCUT2D eigenvalue weighted by atomic mass is 9.95. The van der Waals surface area contributed by atoms with Crippen molar-refractivity contribution in [2.24, 2.45) is 0 Å².